The molecule has 1 amide bonds. The first kappa shape index (κ1) is 19.1. The summed E-state index contributed by atoms with van der Waals surface area (Å²) in [6.45, 7) is 9.21. The molecule has 0 spiro atoms. The van der Waals surface area contributed by atoms with Crippen LogP contribution < -0.4 is 14.4 Å². The van der Waals surface area contributed by atoms with Crippen LogP contribution in [0.3, 0.4) is 0 Å². The van der Waals surface area contributed by atoms with Crippen LogP contribution in [0.25, 0.3) is 0 Å². The SMILES string of the molecule is CC(=O)N1CCc2nc(N3CCN(C(C)c4ccc5c(c4)OCO5)CC3)ncc2C1. The van der Waals surface area contributed by atoms with Crippen LogP contribution in [0, 0.1) is 0 Å². The van der Waals surface area contributed by atoms with Gasteiger partial charge in [0.25, 0.3) is 0 Å². The number of carbonyl (C=O) groups excluding carboxylic acids is 1. The summed E-state index contributed by atoms with van der Waals surface area (Å²) >= 11 is 0. The molecular formula is C22H27N5O3. The number of rotatable bonds is 3. The molecule has 1 aromatic heterocycles. The van der Waals surface area contributed by atoms with Crippen LogP contribution >= 0.6 is 0 Å². The van der Waals surface area contributed by atoms with Gasteiger partial charge in [0, 0.05) is 70.4 Å². The Kier molecular flexibility index (Phi) is 4.94. The summed E-state index contributed by atoms with van der Waals surface area (Å²) in [7, 11) is 0. The molecule has 0 radical (unpaired) electrons. The molecule has 3 aliphatic rings. The highest BCUT2D eigenvalue weighted by molar-refractivity contribution is 5.73. The number of carbonyl (C=O) groups is 1. The lowest BCUT2D eigenvalue weighted by Crippen LogP contribution is -2.48. The molecule has 1 unspecified atom stereocenters. The fraction of sp³-hybridized carbons (Fsp3) is 0.500. The van der Waals surface area contributed by atoms with E-state index in [1.54, 1.807) is 6.92 Å². The molecule has 8 nitrogen and oxygen atoms in total. The molecule has 0 bridgehead atoms. The van der Waals surface area contributed by atoms with Gasteiger partial charge in [0.2, 0.25) is 18.6 Å². The molecule has 5 rings (SSSR count). The van der Waals surface area contributed by atoms with Gasteiger partial charge in [-0.15, -0.1) is 0 Å². The van der Waals surface area contributed by atoms with Gasteiger partial charge in [0.05, 0.1) is 5.69 Å². The second kappa shape index (κ2) is 7.75. The Labute approximate surface area is 176 Å². The highest BCUT2D eigenvalue weighted by atomic mass is 16.7. The zero-order valence-corrected chi connectivity index (χ0v) is 17.5. The molecule has 1 saturated heterocycles. The van der Waals surface area contributed by atoms with Crippen LogP contribution in [0.1, 0.15) is 36.7 Å². The highest BCUT2D eigenvalue weighted by Gasteiger charge is 2.26. The van der Waals surface area contributed by atoms with E-state index in [4.69, 9.17) is 14.5 Å². The summed E-state index contributed by atoms with van der Waals surface area (Å²) in [5, 5.41) is 0. The number of amides is 1. The minimum atomic E-state index is 0.109. The molecular weight excluding hydrogens is 382 g/mol. The van der Waals surface area contributed by atoms with Gasteiger partial charge in [-0.05, 0) is 24.6 Å². The van der Waals surface area contributed by atoms with E-state index in [0.29, 0.717) is 19.4 Å². The monoisotopic (exact) mass is 409 g/mol. The second-order valence-electron chi connectivity index (χ2n) is 8.14. The first-order chi connectivity index (χ1) is 14.6. The number of hydrogen-bond acceptors (Lipinski definition) is 7. The Morgan fingerprint density at radius 3 is 2.70 bits per heavy atom. The van der Waals surface area contributed by atoms with Crippen molar-refractivity contribution in [2.75, 3.05) is 44.4 Å². The van der Waals surface area contributed by atoms with E-state index in [1.165, 1.54) is 5.56 Å². The van der Waals surface area contributed by atoms with Gasteiger partial charge in [0.1, 0.15) is 0 Å². The fourth-order valence-electron chi connectivity index (χ4n) is 4.42. The largest absolute Gasteiger partial charge is 0.454 e. The lowest BCUT2D eigenvalue weighted by molar-refractivity contribution is -0.129. The number of ether oxygens (including phenoxy) is 2. The van der Waals surface area contributed by atoms with Crippen molar-refractivity contribution in [2.24, 2.45) is 0 Å². The van der Waals surface area contributed by atoms with Crippen LogP contribution in [0.4, 0.5) is 5.95 Å². The zero-order valence-electron chi connectivity index (χ0n) is 17.5. The standard InChI is InChI=1S/C22H27N5O3/c1-15(17-3-4-20-21(11-17)30-14-29-20)25-7-9-26(10-8-25)22-23-12-18-13-27(16(2)28)6-5-19(18)24-22/h3-4,11-12,15H,5-10,13-14H2,1-2H3. The number of fused-ring (bicyclic) bond motifs is 2. The van der Waals surface area contributed by atoms with Crippen molar-refractivity contribution in [1.29, 1.82) is 0 Å². The molecule has 3 aliphatic heterocycles. The van der Waals surface area contributed by atoms with Crippen molar-refractivity contribution < 1.29 is 14.3 Å². The fourth-order valence-corrected chi connectivity index (χ4v) is 4.42. The van der Waals surface area contributed by atoms with Crippen molar-refractivity contribution in [1.82, 2.24) is 19.8 Å². The van der Waals surface area contributed by atoms with Crippen molar-refractivity contribution in [3.8, 4) is 11.5 Å². The molecule has 2 aromatic rings. The molecule has 0 saturated carbocycles. The van der Waals surface area contributed by atoms with Crippen LogP contribution in [-0.2, 0) is 17.8 Å². The van der Waals surface area contributed by atoms with E-state index in [-0.39, 0.29) is 5.91 Å². The molecule has 158 valence electrons. The molecule has 4 heterocycles. The first-order valence-corrected chi connectivity index (χ1v) is 10.6. The summed E-state index contributed by atoms with van der Waals surface area (Å²) in [6, 6.07) is 6.53. The number of hydrogen-bond donors (Lipinski definition) is 0. The van der Waals surface area contributed by atoms with Gasteiger partial charge in [-0.1, -0.05) is 6.07 Å². The number of benzene rings is 1. The van der Waals surface area contributed by atoms with Crippen molar-refractivity contribution in [3.05, 3.63) is 41.2 Å². The number of nitrogens with zero attached hydrogens (tertiary/aromatic N) is 5. The molecule has 1 aromatic carbocycles. The zero-order chi connectivity index (χ0) is 20.7. The minimum Gasteiger partial charge on any atom is -0.454 e. The van der Waals surface area contributed by atoms with Crippen molar-refractivity contribution in [2.45, 2.75) is 32.9 Å². The predicted molar refractivity (Wildman–Crippen MR) is 112 cm³/mol. The predicted octanol–water partition coefficient (Wildman–Crippen LogP) is 1.99. The van der Waals surface area contributed by atoms with E-state index in [0.717, 1.165) is 67.8 Å². The topological polar surface area (TPSA) is 71.0 Å². The molecule has 0 aliphatic carbocycles. The third-order valence-corrected chi connectivity index (χ3v) is 6.39. The van der Waals surface area contributed by atoms with Crippen LogP contribution in [-0.4, -0.2) is 65.2 Å². The lowest BCUT2D eigenvalue weighted by atomic mass is 10.1. The van der Waals surface area contributed by atoms with Crippen molar-refractivity contribution in [3.63, 3.8) is 0 Å². The van der Waals surface area contributed by atoms with E-state index >= 15 is 0 Å². The van der Waals surface area contributed by atoms with Gasteiger partial charge < -0.3 is 19.3 Å². The van der Waals surface area contributed by atoms with Gasteiger partial charge in [0.15, 0.2) is 11.5 Å². The third kappa shape index (κ3) is 3.56. The number of aromatic nitrogens is 2. The van der Waals surface area contributed by atoms with E-state index in [1.807, 2.05) is 17.2 Å². The summed E-state index contributed by atoms with van der Waals surface area (Å²) in [5.74, 6) is 2.58. The summed E-state index contributed by atoms with van der Waals surface area (Å²) in [5.41, 5.74) is 3.39. The maximum atomic E-state index is 11.6. The Hall–Kier alpha value is -2.87. The van der Waals surface area contributed by atoms with Gasteiger partial charge in [-0.25, -0.2) is 9.97 Å². The van der Waals surface area contributed by atoms with Crippen LogP contribution in [0.5, 0.6) is 11.5 Å². The summed E-state index contributed by atoms with van der Waals surface area (Å²) in [4.78, 5) is 27.7. The van der Waals surface area contributed by atoms with E-state index in [9.17, 15) is 4.79 Å². The smallest absolute Gasteiger partial charge is 0.231 e. The maximum absolute atomic E-state index is 11.6. The molecule has 0 N–H and O–H groups in total. The molecule has 1 fully saturated rings. The Bertz CT molecular complexity index is 958. The number of anilines is 1. The average Bonchev–Trinajstić information content (AvgIpc) is 3.26. The maximum Gasteiger partial charge on any atom is 0.231 e. The summed E-state index contributed by atoms with van der Waals surface area (Å²) in [6.07, 6.45) is 2.69. The highest BCUT2D eigenvalue weighted by Crippen LogP contribution is 2.35. The van der Waals surface area contributed by atoms with Crippen molar-refractivity contribution >= 4 is 11.9 Å². The lowest BCUT2D eigenvalue weighted by Gasteiger charge is -2.38. The minimum absolute atomic E-state index is 0.109. The Morgan fingerprint density at radius 1 is 1.10 bits per heavy atom. The summed E-state index contributed by atoms with van der Waals surface area (Å²) < 4.78 is 11.0. The van der Waals surface area contributed by atoms with E-state index in [2.05, 4.69) is 33.8 Å². The van der Waals surface area contributed by atoms with Gasteiger partial charge in [-0.2, -0.15) is 0 Å². The Morgan fingerprint density at radius 2 is 1.90 bits per heavy atom. The third-order valence-electron chi connectivity index (χ3n) is 6.39. The normalized spacial score (nSPS) is 19.5. The van der Waals surface area contributed by atoms with E-state index < -0.39 is 0 Å². The quantitative estimate of drug-likeness (QED) is 0.768. The first-order valence-electron chi connectivity index (χ1n) is 10.6. The average molecular weight is 409 g/mol. The molecule has 30 heavy (non-hydrogen) atoms. The van der Waals surface area contributed by atoms with Crippen LogP contribution in [0.15, 0.2) is 24.4 Å². The molecule has 1 atom stereocenters. The second-order valence-corrected chi connectivity index (χ2v) is 8.14. The van der Waals surface area contributed by atoms with Gasteiger partial charge in [-0.3, -0.25) is 9.69 Å². The van der Waals surface area contributed by atoms with Gasteiger partial charge >= 0.3 is 0 Å². The Balaban J connectivity index is 1.22. The molecule has 8 heteroatoms. The van der Waals surface area contributed by atoms with Crippen LogP contribution in [0.2, 0.25) is 0 Å². The number of piperazine rings is 1.